The van der Waals surface area contributed by atoms with Crippen LogP contribution in [0.25, 0.3) is 0 Å². The van der Waals surface area contributed by atoms with Gasteiger partial charge in [0.1, 0.15) is 11.5 Å². The van der Waals surface area contributed by atoms with Crippen LogP contribution in [0.3, 0.4) is 0 Å². The van der Waals surface area contributed by atoms with Gasteiger partial charge in [0, 0.05) is 12.5 Å². The molecule has 0 saturated carbocycles. The molecule has 0 amide bonds. The number of hydrogen-bond donors (Lipinski definition) is 1. The van der Waals surface area contributed by atoms with Gasteiger partial charge in [0.15, 0.2) is 0 Å². The Balaban J connectivity index is 1.66. The summed E-state index contributed by atoms with van der Waals surface area (Å²) in [6, 6.07) is 17.8. The van der Waals surface area contributed by atoms with Crippen molar-refractivity contribution in [3.8, 4) is 11.5 Å². The van der Waals surface area contributed by atoms with Gasteiger partial charge in [0.25, 0.3) is 0 Å². The van der Waals surface area contributed by atoms with Gasteiger partial charge in [-0.05, 0) is 36.8 Å². The molecule has 0 spiro atoms. The van der Waals surface area contributed by atoms with E-state index >= 15 is 0 Å². The van der Waals surface area contributed by atoms with E-state index in [2.05, 4.69) is 0 Å². The first-order valence-corrected chi connectivity index (χ1v) is 6.92. The number of rotatable bonds is 7. The van der Waals surface area contributed by atoms with Gasteiger partial charge < -0.3 is 15.2 Å². The number of para-hydroxylation sites is 1. The van der Waals surface area contributed by atoms with Crippen LogP contribution in [0.15, 0.2) is 54.6 Å². The Morgan fingerprint density at radius 2 is 1.40 bits per heavy atom. The van der Waals surface area contributed by atoms with Crippen molar-refractivity contribution in [3.63, 3.8) is 0 Å². The molecule has 0 saturated heterocycles. The summed E-state index contributed by atoms with van der Waals surface area (Å²) in [5.41, 5.74) is 6.92. The van der Waals surface area contributed by atoms with Crippen LogP contribution in [0, 0.1) is 0 Å². The monoisotopic (exact) mass is 271 g/mol. The predicted octanol–water partition coefficient (Wildman–Crippen LogP) is 3.55. The molecule has 106 valence electrons. The summed E-state index contributed by atoms with van der Waals surface area (Å²) in [5.74, 6) is 1.77. The molecule has 0 unspecified atom stereocenters. The fourth-order valence-electron chi connectivity index (χ4n) is 1.82. The number of hydrogen-bond acceptors (Lipinski definition) is 3. The maximum Gasteiger partial charge on any atom is 0.119 e. The van der Waals surface area contributed by atoms with Crippen LogP contribution >= 0.6 is 0 Å². The van der Waals surface area contributed by atoms with E-state index in [0.29, 0.717) is 13.2 Å². The van der Waals surface area contributed by atoms with Crippen LogP contribution in [-0.2, 0) is 0 Å². The van der Waals surface area contributed by atoms with E-state index in [1.165, 1.54) is 0 Å². The van der Waals surface area contributed by atoms with Crippen molar-refractivity contribution in [3.05, 3.63) is 60.2 Å². The molecule has 0 radical (unpaired) electrons. The van der Waals surface area contributed by atoms with E-state index in [4.69, 9.17) is 15.2 Å². The average Bonchev–Trinajstić information content (AvgIpc) is 2.48. The Bertz CT molecular complexity index is 494. The van der Waals surface area contributed by atoms with Gasteiger partial charge in [-0.1, -0.05) is 30.3 Å². The van der Waals surface area contributed by atoms with Crippen LogP contribution in [0.2, 0.25) is 0 Å². The molecule has 0 aliphatic rings. The lowest BCUT2D eigenvalue weighted by Gasteiger charge is -2.09. The van der Waals surface area contributed by atoms with Crippen LogP contribution in [0.5, 0.6) is 11.5 Å². The van der Waals surface area contributed by atoms with Crippen molar-refractivity contribution in [2.45, 2.75) is 19.4 Å². The van der Waals surface area contributed by atoms with Crippen LogP contribution in [-0.4, -0.2) is 13.2 Å². The van der Waals surface area contributed by atoms with E-state index < -0.39 is 0 Å². The molecule has 2 aromatic carbocycles. The normalized spacial score (nSPS) is 11.9. The fraction of sp³-hybridized carbons (Fsp3) is 0.294. The minimum absolute atomic E-state index is 0.0586. The van der Waals surface area contributed by atoms with E-state index in [9.17, 15) is 0 Å². The molecule has 2 N–H and O–H groups in total. The van der Waals surface area contributed by atoms with Gasteiger partial charge in [-0.3, -0.25) is 0 Å². The molecule has 0 aliphatic carbocycles. The number of benzene rings is 2. The zero-order valence-corrected chi connectivity index (χ0v) is 11.8. The molecule has 3 heteroatoms. The summed E-state index contributed by atoms with van der Waals surface area (Å²) in [5, 5.41) is 0. The summed E-state index contributed by atoms with van der Waals surface area (Å²) in [4.78, 5) is 0. The largest absolute Gasteiger partial charge is 0.493 e. The van der Waals surface area contributed by atoms with Gasteiger partial charge in [-0.25, -0.2) is 0 Å². The van der Waals surface area contributed by atoms with Gasteiger partial charge in [0.05, 0.1) is 13.2 Å². The van der Waals surface area contributed by atoms with E-state index in [1.807, 2.05) is 61.5 Å². The molecular formula is C17H21NO2. The van der Waals surface area contributed by atoms with Gasteiger partial charge in [0.2, 0.25) is 0 Å². The number of ether oxygens (including phenoxy) is 2. The summed E-state index contributed by atoms with van der Waals surface area (Å²) >= 11 is 0. The van der Waals surface area contributed by atoms with Gasteiger partial charge in [-0.2, -0.15) is 0 Å². The highest BCUT2D eigenvalue weighted by molar-refractivity contribution is 5.28. The topological polar surface area (TPSA) is 44.5 Å². The maximum absolute atomic E-state index is 5.80. The van der Waals surface area contributed by atoms with Crippen molar-refractivity contribution in [2.75, 3.05) is 13.2 Å². The van der Waals surface area contributed by atoms with E-state index in [-0.39, 0.29) is 6.04 Å². The first-order chi connectivity index (χ1) is 9.75. The van der Waals surface area contributed by atoms with Gasteiger partial charge >= 0.3 is 0 Å². The second-order valence-corrected chi connectivity index (χ2v) is 4.72. The second kappa shape index (κ2) is 7.56. The highest BCUT2D eigenvalue weighted by atomic mass is 16.5. The first kappa shape index (κ1) is 14.4. The van der Waals surface area contributed by atoms with Crippen molar-refractivity contribution in [2.24, 2.45) is 5.73 Å². The van der Waals surface area contributed by atoms with Crippen LogP contribution < -0.4 is 15.2 Å². The third-order valence-electron chi connectivity index (χ3n) is 2.98. The smallest absolute Gasteiger partial charge is 0.119 e. The summed E-state index contributed by atoms with van der Waals surface area (Å²) in [6.07, 6.45) is 0.851. The molecule has 0 aliphatic heterocycles. The Kier molecular flexibility index (Phi) is 5.44. The molecule has 0 heterocycles. The Morgan fingerprint density at radius 1 is 0.850 bits per heavy atom. The Labute approximate surface area is 120 Å². The van der Waals surface area contributed by atoms with Gasteiger partial charge in [-0.15, -0.1) is 0 Å². The molecule has 2 rings (SSSR count). The van der Waals surface area contributed by atoms with Crippen LogP contribution in [0.4, 0.5) is 0 Å². The highest BCUT2D eigenvalue weighted by Crippen LogP contribution is 2.16. The van der Waals surface area contributed by atoms with E-state index in [1.54, 1.807) is 0 Å². The SMILES string of the molecule is C[C@@H](N)c1ccc(OCCCOc2ccccc2)cc1. The third-order valence-corrected chi connectivity index (χ3v) is 2.98. The molecule has 2 aromatic rings. The molecule has 0 bridgehead atoms. The highest BCUT2D eigenvalue weighted by Gasteiger charge is 1.99. The standard InChI is InChI=1S/C17H21NO2/c1-14(18)15-8-10-17(11-9-15)20-13-5-12-19-16-6-3-2-4-7-16/h2-4,6-11,14H,5,12-13,18H2,1H3/t14-/m1/s1. The predicted molar refractivity (Wildman–Crippen MR) is 81.1 cm³/mol. The van der Waals surface area contributed by atoms with Crippen molar-refractivity contribution in [1.29, 1.82) is 0 Å². The molecule has 1 atom stereocenters. The fourth-order valence-corrected chi connectivity index (χ4v) is 1.82. The minimum Gasteiger partial charge on any atom is -0.493 e. The molecular weight excluding hydrogens is 250 g/mol. The molecule has 20 heavy (non-hydrogen) atoms. The zero-order chi connectivity index (χ0) is 14.2. The maximum atomic E-state index is 5.80. The lowest BCUT2D eigenvalue weighted by Crippen LogP contribution is -2.06. The zero-order valence-electron chi connectivity index (χ0n) is 11.8. The quantitative estimate of drug-likeness (QED) is 0.783. The second-order valence-electron chi connectivity index (χ2n) is 4.72. The lowest BCUT2D eigenvalue weighted by molar-refractivity contribution is 0.247. The van der Waals surface area contributed by atoms with Crippen molar-refractivity contribution >= 4 is 0 Å². The van der Waals surface area contributed by atoms with E-state index in [0.717, 1.165) is 23.5 Å². The average molecular weight is 271 g/mol. The third kappa shape index (κ3) is 4.59. The Morgan fingerprint density at radius 3 is 1.95 bits per heavy atom. The summed E-state index contributed by atoms with van der Waals surface area (Å²) in [7, 11) is 0. The molecule has 0 fully saturated rings. The number of nitrogens with two attached hydrogens (primary N) is 1. The minimum atomic E-state index is 0.0586. The molecule has 3 nitrogen and oxygen atoms in total. The van der Waals surface area contributed by atoms with Crippen LogP contribution in [0.1, 0.15) is 24.9 Å². The van der Waals surface area contributed by atoms with Crippen molar-refractivity contribution in [1.82, 2.24) is 0 Å². The first-order valence-electron chi connectivity index (χ1n) is 6.92. The van der Waals surface area contributed by atoms with Crippen molar-refractivity contribution < 1.29 is 9.47 Å². The Hall–Kier alpha value is -2.00. The lowest BCUT2D eigenvalue weighted by atomic mass is 10.1. The summed E-state index contributed by atoms with van der Waals surface area (Å²) < 4.78 is 11.3. The molecule has 0 aromatic heterocycles. The summed E-state index contributed by atoms with van der Waals surface area (Å²) in [6.45, 7) is 3.27.